The molecule has 1 aliphatic heterocycles. The van der Waals surface area contributed by atoms with Crippen LogP contribution in [0, 0.1) is 6.92 Å². The molecule has 0 N–H and O–H groups in total. The normalized spacial score (nSPS) is 24.0. The van der Waals surface area contributed by atoms with Crippen LogP contribution in [0.2, 0.25) is 0 Å². The molecule has 1 fully saturated rings. The molecule has 4 heteroatoms. The van der Waals surface area contributed by atoms with Gasteiger partial charge in [0.25, 0.3) is 0 Å². The van der Waals surface area contributed by atoms with Crippen LogP contribution >= 0.6 is 22.9 Å². The number of nitrogens with zero attached hydrogens (tertiary/aromatic N) is 2. The molecule has 13 heavy (non-hydrogen) atoms. The minimum absolute atomic E-state index is 0.348. The number of hydrogen-bond acceptors (Lipinski definition) is 3. The van der Waals surface area contributed by atoms with Crippen molar-refractivity contribution in [2.75, 3.05) is 13.1 Å². The van der Waals surface area contributed by atoms with E-state index in [0.29, 0.717) is 5.38 Å². The Balaban J connectivity index is 1.91. The van der Waals surface area contributed by atoms with Crippen molar-refractivity contribution in [1.82, 2.24) is 9.88 Å². The lowest BCUT2D eigenvalue weighted by molar-refractivity contribution is 0.331. The first-order valence-electron chi connectivity index (χ1n) is 4.51. The summed E-state index contributed by atoms with van der Waals surface area (Å²) >= 11 is 7.76. The minimum Gasteiger partial charge on any atom is -0.295 e. The highest BCUT2D eigenvalue weighted by molar-refractivity contribution is 7.09. The molecule has 0 aromatic carbocycles. The molecule has 1 unspecified atom stereocenters. The zero-order valence-corrected chi connectivity index (χ0v) is 9.24. The van der Waals surface area contributed by atoms with E-state index >= 15 is 0 Å². The monoisotopic (exact) mass is 216 g/mol. The zero-order valence-electron chi connectivity index (χ0n) is 7.66. The Morgan fingerprint density at radius 2 is 2.62 bits per heavy atom. The van der Waals surface area contributed by atoms with Crippen molar-refractivity contribution in [2.45, 2.75) is 25.3 Å². The van der Waals surface area contributed by atoms with E-state index in [1.54, 1.807) is 11.3 Å². The third-order valence-electron chi connectivity index (χ3n) is 2.24. The standard InChI is InChI=1S/C9H13ClN2S/c1-7-6-13-9(11-7)5-12-3-2-8(10)4-12/h6,8H,2-5H2,1H3. The van der Waals surface area contributed by atoms with Crippen LogP contribution in [0.1, 0.15) is 17.1 Å². The maximum Gasteiger partial charge on any atom is 0.107 e. The highest BCUT2D eigenvalue weighted by Gasteiger charge is 2.20. The molecule has 1 atom stereocenters. The van der Waals surface area contributed by atoms with Crippen molar-refractivity contribution in [2.24, 2.45) is 0 Å². The number of aromatic nitrogens is 1. The number of thiazole rings is 1. The van der Waals surface area contributed by atoms with Crippen LogP contribution in [0.5, 0.6) is 0 Å². The summed E-state index contributed by atoms with van der Waals surface area (Å²) in [5, 5.41) is 3.66. The Kier molecular flexibility index (Phi) is 2.86. The second-order valence-corrected chi connectivity index (χ2v) is 5.06. The highest BCUT2D eigenvalue weighted by atomic mass is 35.5. The molecular formula is C9H13ClN2S. The van der Waals surface area contributed by atoms with Gasteiger partial charge >= 0.3 is 0 Å². The summed E-state index contributed by atoms with van der Waals surface area (Å²) in [4.78, 5) is 6.80. The minimum atomic E-state index is 0.348. The Labute approximate surface area is 87.5 Å². The molecule has 0 amide bonds. The smallest absolute Gasteiger partial charge is 0.107 e. The first-order valence-corrected chi connectivity index (χ1v) is 5.83. The average molecular weight is 217 g/mol. The third-order valence-corrected chi connectivity index (χ3v) is 3.55. The molecule has 1 aliphatic rings. The maximum absolute atomic E-state index is 6.02. The number of rotatable bonds is 2. The van der Waals surface area contributed by atoms with E-state index in [-0.39, 0.29) is 0 Å². The fraction of sp³-hybridized carbons (Fsp3) is 0.667. The number of likely N-dealkylation sites (tertiary alicyclic amines) is 1. The van der Waals surface area contributed by atoms with E-state index in [0.717, 1.165) is 31.7 Å². The van der Waals surface area contributed by atoms with Crippen LogP contribution in [0.15, 0.2) is 5.38 Å². The topological polar surface area (TPSA) is 16.1 Å². The second kappa shape index (κ2) is 3.95. The second-order valence-electron chi connectivity index (χ2n) is 3.50. The maximum atomic E-state index is 6.02. The van der Waals surface area contributed by atoms with Crippen molar-refractivity contribution in [3.05, 3.63) is 16.1 Å². The summed E-state index contributed by atoms with van der Waals surface area (Å²) in [7, 11) is 0. The van der Waals surface area contributed by atoms with Gasteiger partial charge in [-0.2, -0.15) is 0 Å². The first kappa shape index (κ1) is 9.44. The van der Waals surface area contributed by atoms with Gasteiger partial charge in [-0.15, -0.1) is 22.9 Å². The summed E-state index contributed by atoms with van der Waals surface area (Å²) in [5.41, 5.74) is 1.13. The van der Waals surface area contributed by atoms with Crippen molar-refractivity contribution >= 4 is 22.9 Å². The Bertz CT molecular complexity index is 287. The van der Waals surface area contributed by atoms with Gasteiger partial charge in [-0.25, -0.2) is 4.98 Å². The Morgan fingerprint density at radius 3 is 3.15 bits per heavy atom. The Morgan fingerprint density at radius 1 is 1.77 bits per heavy atom. The van der Waals surface area contributed by atoms with E-state index < -0.39 is 0 Å². The summed E-state index contributed by atoms with van der Waals surface area (Å²) in [6.07, 6.45) is 1.12. The van der Waals surface area contributed by atoms with E-state index in [1.807, 2.05) is 6.92 Å². The van der Waals surface area contributed by atoms with Gasteiger partial charge in [-0.3, -0.25) is 4.90 Å². The van der Waals surface area contributed by atoms with E-state index in [2.05, 4.69) is 15.3 Å². The molecule has 2 heterocycles. The largest absolute Gasteiger partial charge is 0.295 e. The number of hydrogen-bond donors (Lipinski definition) is 0. The lowest BCUT2D eigenvalue weighted by Gasteiger charge is -2.11. The average Bonchev–Trinajstić information content (AvgIpc) is 2.62. The van der Waals surface area contributed by atoms with Gasteiger partial charge in [0.15, 0.2) is 0 Å². The van der Waals surface area contributed by atoms with Gasteiger partial charge < -0.3 is 0 Å². The molecule has 1 aromatic heterocycles. The van der Waals surface area contributed by atoms with Crippen LogP contribution in [0.4, 0.5) is 0 Å². The molecule has 0 spiro atoms. The Hall–Kier alpha value is -0.120. The van der Waals surface area contributed by atoms with Crippen molar-refractivity contribution in [3.8, 4) is 0 Å². The van der Waals surface area contributed by atoms with Gasteiger partial charge in [0.2, 0.25) is 0 Å². The lowest BCUT2D eigenvalue weighted by Crippen LogP contribution is -2.19. The number of halogens is 1. The number of alkyl halides is 1. The van der Waals surface area contributed by atoms with Gasteiger partial charge in [0.05, 0.1) is 6.54 Å². The molecule has 1 aromatic rings. The van der Waals surface area contributed by atoms with Crippen LogP contribution in [0.3, 0.4) is 0 Å². The summed E-state index contributed by atoms with van der Waals surface area (Å²) < 4.78 is 0. The molecule has 1 saturated heterocycles. The lowest BCUT2D eigenvalue weighted by atomic mass is 10.4. The van der Waals surface area contributed by atoms with Crippen molar-refractivity contribution in [3.63, 3.8) is 0 Å². The first-order chi connectivity index (χ1) is 6.24. The summed E-state index contributed by atoms with van der Waals surface area (Å²) in [6.45, 7) is 5.14. The van der Waals surface area contributed by atoms with Crippen LogP contribution < -0.4 is 0 Å². The quantitative estimate of drug-likeness (QED) is 0.706. The van der Waals surface area contributed by atoms with Crippen LogP contribution in [0.25, 0.3) is 0 Å². The van der Waals surface area contributed by atoms with Crippen LogP contribution in [-0.2, 0) is 6.54 Å². The van der Waals surface area contributed by atoms with E-state index in [9.17, 15) is 0 Å². The molecule has 0 radical (unpaired) electrons. The molecule has 0 aliphatic carbocycles. The van der Waals surface area contributed by atoms with Crippen molar-refractivity contribution in [1.29, 1.82) is 0 Å². The summed E-state index contributed by atoms with van der Waals surface area (Å²) in [6, 6.07) is 0. The van der Waals surface area contributed by atoms with Gasteiger partial charge in [0, 0.05) is 29.5 Å². The van der Waals surface area contributed by atoms with Crippen LogP contribution in [-0.4, -0.2) is 28.4 Å². The molecule has 0 bridgehead atoms. The SMILES string of the molecule is Cc1csc(CN2CCC(Cl)C2)n1. The molecule has 72 valence electrons. The van der Waals surface area contributed by atoms with Gasteiger partial charge in [0.1, 0.15) is 5.01 Å². The molecular weight excluding hydrogens is 204 g/mol. The van der Waals surface area contributed by atoms with E-state index in [1.165, 1.54) is 5.01 Å². The highest BCUT2D eigenvalue weighted by Crippen LogP contribution is 2.18. The predicted molar refractivity (Wildman–Crippen MR) is 56.4 cm³/mol. The summed E-state index contributed by atoms with van der Waals surface area (Å²) in [5.74, 6) is 0. The third kappa shape index (κ3) is 2.42. The van der Waals surface area contributed by atoms with Gasteiger partial charge in [-0.05, 0) is 13.3 Å². The number of aryl methyl sites for hydroxylation is 1. The van der Waals surface area contributed by atoms with E-state index in [4.69, 9.17) is 11.6 Å². The van der Waals surface area contributed by atoms with Crippen molar-refractivity contribution < 1.29 is 0 Å². The molecule has 2 nitrogen and oxygen atoms in total. The van der Waals surface area contributed by atoms with Gasteiger partial charge in [-0.1, -0.05) is 0 Å². The fourth-order valence-corrected chi connectivity index (χ4v) is 2.70. The predicted octanol–water partition coefficient (Wildman–Crippen LogP) is 2.26. The zero-order chi connectivity index (χ0) is 9.26. The molecule has 0 saturated carbocycles. The molecule has 2 rings (SSSR count). The fourth-order valence-electron chi connectivity index (χ4n) is 1.60.